The molecule has 7 nitrogen and oxygen atoms in total. The van der Waals surface area contributed by atoms with Gasteiger partial charge in [0.05, 0.1) is 29.3 Å². The number of ether oxygens (including phenoxy) is 1. The third-order valence-electron chi connectivity index (χ3n) is 5.58. The van der Waals surface area contributed by atoms with Crippen LogP contribution in [0.3, 0.4) is 0 Å². The van der Waals surface area contributed by atoms with Crippen molar-refractivity contribution in [2.24, 2.45) is 0 Å². The molecule has 0 amide bonds. The predicted octanol–water partition coefficient (Wildman–Crippen LogP) is 5.54. The maximum atomic E-state index is 13.1. The van der Waals surface area contributed by atoms with E-state index in [9.17, 15) is 14.9 Å². The number of hydrogen-bond donors (Lipinski definition) is 0. The lowest BCUT2D eigenvalue weighted by Crippen LogP contribution is -2.24. The number of non-ortho nitro benzene ring substituents is 1. The monoisotopic (exact) mass is 443 g/mol. The van der Waals surface area contributed by atoms with Gasteiger partial charge in [-0.25, -0.2) is 4.79 Å². The molecule has 0 fully saturated rings. The van der Waals surface area contributed by atoms with Gasteiger partial charge in [-0.2, -0.15) is 4.98 Å². The highest BCUT2D eigenvalue weighted by Gasteiger charge is 2.15. The zero-order chi connectivity index (χ0) is 23.5. The molecule has 0 saturated heterocycles. The van der Waals surface area contributed by atoms with E-state index in [-0.39, 0.29) is 12.2 Å². The molecule has 0 atom stereocenters. The average molecular weight is 444 g/mol. The number of rotatable bonds is 7. The lowest BCUT2D eigenvalue weighted by molar-refractivity contribution is -0.384. The van der Waals surface area contributed by atoms with Crippen molar-refractivity contribution in [3.63, 3.8) is 0 Å². The van der Waals surface area contributed by atoms with Crippen molar-refractivity contribution in [3.05, 3.63) is 98.5 Å². The molecule has 33 heavy (non-hydrogen) atoms. The SMILES string of the molecule is CCOc1ccc2c(c1)c(-c1ccc(C(C)C)cc1)nc(=O)n2Cc1cccc([N+](=O)[O-])c1. The fourth-order valence-electron chi connectivity index (χ4n) is 3.87. The van der Waals surface area contributed by atoms with Gasteiger partial charge in [0, 0.05) is 23.1 Å². The smallest absolute Gasteiger partial charge is 0.348 e. The van der Waals surface area contributed by atoms with Crippen molar-refractivity contribution >= 4 is 16.6 Å². The van der Waals surface area contributed by atoms with Crippen LogP contribution in [0.1, 0.15) is 37.8 Å². The maximum Gasteiger partial charge on any atom is 0.348 e. The summed E-state index contributed by atoms with van der Waals surface area (Å²) in [6.07, 6.45) is 0. The van der Waals surface area contributed by atoms with Gasteiger partial charge in [-0.3, -0.25) is 14.7 Å². The summed E-state index contributed by atoms with van der Waals surface area (Å²) in [5.74, 6) is 1.09. The zero-order valence-corrected chi connectivity index (χ0v) is 18.8. The second-order valence-corrected chi connectivity index (χ2v) is 8.14. The summed E-state index contributed by atoms with van der Waals surface area (Å²) in [4.78, 5) is 28.3. The van der Waals surface area contributed by atoms with Crippen LogP contribution < -0.4 is 10.4 Å². The van der Waals surface area contributed by atoms with Gasteiger partial charge in [0.1, 0.15) is 5.75 Å². The molecule has 0 aliphatic carbocycles. The van der Waals surface area contributed by atoms with Crippen molar-refractivity contribution in [3.8, 4) is 17.0 Å². The molecule has 4 aromatic rings. The minimum absolute atomic E-state index is 0.0155. The lowest BCUT2D eigenvalue weighted by atomic mass is 9.99. The van der Waals surface area contributed by atoms with E-state index >= 15 is 0 Å². The highest BCUT2D eigenvalue weighted by atomic mass is 16.6. The van der Waals surface area contributed by atoms with Gasteiger partial charge in [-0.15, -0.1) is 0 Å². The summed E-state index contributed by atoms with van der Waals surface area (Å²) in [6.45, 7) is 6.87. The third-order valence-corrected chi connectivity index (χ3v) is 5.58. The van der Waals surface area contributed by atoms with Crippen molar-refractivity contribution in [1.82, 2.24) is 9.55 Å². The van der Waals surface area contributed by atoms with E-state index in [0.717, 1.165) is 10.9 Å². The Morgan fingerprint density at radius 2 is 1.82 bits per heavy atom. The van der Waals surface area contributed by atoms with E-state index in [2.05, 4.69) is 31.0 Å². The first kappa shape index (κ1) is 22.2. The molecular formula is C26H25N3O4. The summed E-state index contributed by atoms with van der Waals surface area (Å²) < 4.78 is 7.23. The minimum atomic E-state index is -0.444. The Morgan fingerprint density at radius 1 is 1.06 bits per heavy atom. The average Bonchev–Trinajstić information content (AvgIpc) is 2.81. The van der Waals surface area contributed by atoms with Crippen molar-refractivity contribution in [2.75, 3.05) is 6.61 Å². The van der Waals surface area contributed by atoms with Crippen molar-refractivity contribution < 1.29 is 9.66 Å². The van der Waals surface area contributed by atoms with Crippen LogP contribution in [0.15, 0.2) is 71.5 Å². The van der Waals surface area contributed by atoms with E-state index in [4.69, 9.17) is 4.74 Å². The number of nitro benzene ring substituents is 1. The van der Waals surface area contributed by atoms with Crippen LogP contribution in [0, 0.1) is 10.1 Å². The second-order valence-electron chi connectivity index (χ2n) is 8.14. The van der Waals surface area contributed by atoms with Crippen LogP contribution in [0.25, 0.3) is 22.2 Å². The van der Waals surface area contributed by atoms with E-state index in [1.54, 1.807) is 12.1 Å². The van der Waals surface area contributed by atoms with Crippen LogP contribution in [-0.2, 0) is 6.54 Å². The zero-order valence-electron chi connectivity index (χ0n) is 18.8. The van der Waals surface area contributed by atoms with Gasteiger partial charge in [0.25, 0.3) is 5.69 Å². The Morgan fingerprint density at radius 3 is 2.48 bits per heavy atom. The molecule has 4 rings (SSSR count). The molecule has 7 heteroatoms. The second kappa shape index (κ2) is 9.24. The highest BCUT2D eigenvalue weighted by molar-refractivity contribution is 5.93. The van der Waals surface area contributed by atoms with Crippen LogP contribution in [0.5, 0.6) is 5.75 Å². The summed E-state index contributed by atoms with van der Waals surface area (Å²) >= 11 is 0. The Labute approximate surface area is 191 Å². The molecule has 1 heterocycles. The highest BCUT2D eigenvalue weighted by Crippen LogP contribution is 2.30. The predicted molar refractivity (Wildman–Crippen MR) is 129 cm³/mol. The number of hydrogen-bond acceptors (Lipinski definition) is 5. The fraction of sp³-hybridized carbons (Fsp3) is 0.231. The summed E-state index contributed by atoms with van der Waals surface area (Å²) in [7, 11) is 0. The minimum Gasteiger partial charge on any atom is -0.494 e. The first-order chi connectivity index (χ1) is 15.9. The van der Waals surface area contributed by atoms with Gasteiger partial charge in [-0.1, -0.05) is 50.2 Å². The van der Waals surface area contributed by atoms with E-state index < -0.39 is 10.6 Å². The summed E-state index contributed by atoms with van der Waals surface area (Å²) in [5, 5.41) is 11.9. The Balaban J connectivity index is 1.88. The molecule has 0 radical (unpaired) electrons. The topological polar surface area (TPSA) is 87.3 Å². The molecule has 0 aliphatic heterocycles. The van der Waals surface area contributed by atoms with Crippen molar-refractivity contribution in [1.29, 1.82) is 0 Å². The van der Waals surface area contributed by atoms with Crippen LogP contribution in [0.4, 0.5) is 5.69 Å². The van der Waals surface area contributed by atoms with Gasteiger partial charge in [0.2, 0.25) is 0 Å². The van der Waals surface area contributed by atoms with Gasteiger partial charge >= 0.3 is 5.69 Å². The number of benzene rings is 3. The maximum absolute atomic E-state index is 13.1. The number of nitro groups is 1. The summed E-state index contributed by atoms with van der Waals surface area (Å²) in [6, 6.07) is 19.9. The molecule has 3 aromatic carbocycles. The Bertz CT molecular complexity index is 1370. The largest absolute Gasteiger partial charge is 0.494 e. The van der Waals surface area contributed by atoms with Gasteiger partial charge in [-0.05, 0) is 42.2 Å². The first-order valence-corrected chi connectivity index (χ1v) is 10.9. The van der Waals surface area contributed by atoms with Crippen LogP contribution >= 0.6 is 0 Å². The van der Waals surface area contributed by atoms with Gasteiger partial charge in [0.15, 0.2) is 0 Å². The van der Waals surface area contributed by atoms with Crippen molar-refractivity contribution in [2.45, 2.75) is 33.2 Å². The Hall–Kier alpha value is -4.00. The molecular weight excluding hydrogens is 418 g/mol. The molecule has 0 saturated carbocycles. The standard InChI is InChI=1S/C26H25N3O4/c1-4-33-22-12-13-24-23(15-22)25(20-10-8-19(9-11-20)17(2)3)27-26(30)28(24)16-18-6-5-7-21(14-18)29(31)32/h5-15,17H,4,16H2,1-3H3. The lowest BCUT2D eigenvalue weighted by Gasteiger charge is -2.15. The van der Waals surface area contributed by atoms with Crippen LogP contribution in [-0.4, -0.2) is 21.1 Å². The molecule has 0 aliphatic rings. The molecule has 0 bridgehead atoms. The molecule has 168 valence electrons. The number of nitrogens with zero attached hydrogens (tertiary/aromatic N) is 3. The molecule has 0 N–H and O–H groups in total. The normalized spacial score (nSPS) is 11.2. The third kappa shape index (κ3) is 4.62. The number of aromatic nitrogens is 2. The van der Waals surface area contributed by atoms with Crippen LogP contribution in [0.2, 0.25) is 0 Å². The quantitative estimate of drug-likeness (QED) is 0.276. The van der Waals surface area contributed by atoms with Gasteiger partial charge < -0.3 is 4.74 Å². The molecule has 0 unspecified atom stereocenters. The Kier molecular flexibility index (Phi) is 6.22. The first-order valence-electron chi connectivity index (χ1n) is 10.9. The van der Waals surface area contributed by atoms with E-state index in [1.165, 1.54) is 22.3 Å². The summed E-state index contributed by atoms with van der Waals surface area (Å²) in [5.41, 5.74) is 3.54. The van der Waals surface area contributed by atoms with E-state index in [0.29, 0.717) is 35.0 Å². The molecule has 1 aromatic heterocycles. The molecule has 0 spiro atoms. The number of fused-ring (bicyclic) bond motifs is 1. The van der Waals surface area contributed by atoms with E-state index in [1.807, 2.05) is 37.3 Å². The fourth-order valence-corrected chi connectivity index (χ4v) is 3.87.